The summed E-state index contributed by atoms with van der Waals surface area (Å²) in [4.78, 5) is 2.44. The molecular formula is C53H45N2+. The van der Waals surface area contributed by atoms with Crippen LogP contribution in [-0.2, 0) is 23.7 Å². The zero-order chi connectivity index (χ0) is 37.3. The first-order valence-electron chi connectivity index (χ1n) is 19.6. The van der Waals surface area contributed by atoms with Crippen molar-refractivity contribution in [2.75, 3.05) is 19.0 Å². The number of anilines is 1. The molecule has 8 aromatic rings. The van der Waals surface area contributed by atoms with Gasteiger partial charge in [0.15, 0.2) is 5.71 Å². The van der Waals surface area contributed by atoms with Gasteiger partial charge in [-0.1, -0.05) is 146 Å². The molecule has 2 aliphatic heterocycles. The molecule has 2 atom stereocenters. The van der Waals surface area contributed by atoms with Crippen molar-refractivity contribution in [1.29, 1.82) is 0 Å². The van der Waals surface area contributed by atoms with Gasteiger partial charge in [-0.25, -0.2) is 0 Å². The number of fused-ring (bicyclic) bond motifs is 8. The molecule has 0 saturated carbocycles. The van der Waals surface area contributed by atoms with Gasteiger partial charge < -0.3 is 4.90 Å². The Hall–Kier alpha value is -6.25. The van der Waals surface area contributed by atoms with E-state index in [4.69, 9.17) is 0 Å². The molecule has 0 N–H and O–H groups in total. The molecule has 0 fully saturated rings. The molecular weight excluding hydrogens is 665 g/mol. The second kappa shape index (κ2) is 12.7. The first-order chi connectivity index (χ1) is 26.8. The number of hydrogen-bond acceptors (Lipinski definition) is 1. The lowest BCUT2D eigenvalue weighted by molar-refractivity contribution is -0.401. The minimum absolute atomic E-state index is 0.252. The van der Waals surface area contributed by atoms with Gasteiger partial charge >= 0.3 is 0 Å². The number of rotatable bonds is 6. The van der Waals surface area contributed by atoms with Gasteiger partial charge in [0.2, 0.25) is 5.69 Å². The molecule has 0 saturated heterocycles. The largest absolute Gasteiger partial charge is 0.347 e. The van der Waals surface area contributed by atoms with Crippen molar-refractivity contribution in [2.45, 2.75) is 37.5 Å². The Balaban J connectivity index is 1.11. The highest BCUT2D eigenvalue weighted by atomic mass is 15.2. The summed E-state index contributed by atoms with van der Waals surface area (Å²) in [6.07, 6.45) is 8.92. The van der Waals surface area contributed by atoms with Crippen LogP contribution in [0, 0.1) is 0 Å². The molecule has 266 valence electrons. The molecule has 0 amide bonds. The molecule has 2 unspecified atom stereocenters. The van der Waals surface area contributed by atoms with Crippen molar-refractivity contribution in [1.82, 2.24) is 0 Å². The van der Waals surface area contributed by atoms with Gasteiger partial charge in [-0.3, -0.25) is 0 Å². The average molecular weight is 710 g/mol. The Morgan fingerprint density at radius 1 is 0.527 bits per heavy atom. The number of nitrogens with zero attached hydrogens (tertiary/aromatic N) is 2. The number of likely N-dealkylation sites (N-methyl/N-ethyl adjacent to an activating group) is 1. The van der Waals surface area contributed by atoms with Crippen LogP contribution >= 0.6 is 0 Å². The maximum atomic E-state index is 2.46. The van der Waals surface area contributed by atoms with E-state index in [1.54, 1.807) is 0 Å². The van der Waals surface area contributed by atoms with Crippen LogP contribution in [0.1, 0.15) is 36.1 Å². The lowest BCUT2D eigenvalue weighted by Gasteiger charge is -2.30. The summed E-state index contributed by atoms with van der Waals surface area (Å²) in [5, 5.41) is 10.4. The SMILES string of the molecule is CN1/C(=C/C=C/C2=[N+](C)c3ccc4ccccc4c3C2(C)Cc2ccc3ccccc3c2)C(C)(Cc2ccc3ccccc3c2)c2c1ccc1ccccc21. The Morgan fingerprint density at radius 3 is 1.64 bits per heavy atom. The summed E-state index contributed by atoms with van der Waals surface area (Å²) in [6, 6.07) is 58.4. The molecule has 0 bridgehead atoms. The van der Waals surface area contributed by atoms with Gasteiger partial charge in [-0.15, -0.1) is 0 Å². The summed E-state index contributed by atoms with van der Waals surface area (Å²) < 4.78 is 2.44. The van der Waals surface area contributed by atoms with Crippen LogP contribution in [-0.4, -0.2) is 24.4 Å². The topological polar surface area (TPSA) is 6.25 Å². The highest BCUT2D eigenvalue weighted by Crippen LogP contribution is 2.52. The smallest absolute Gasteiger partial charge is 0.210 e. The molecule has 0 spiro atoms. The third-order valence-corrected chi connectivity index (χ3v) is 12.7. The van der Waals surface area contributed by atoms with Crippen LogP contribution < -0.4 is 4.90 Å². The van der Waals surface area contributed by atoms with Crippen LogP contribution in [0.25, 0.3) is 43.1 Å². The summed E-state index contributed by atoms with van der Waals surface area (Å²) >= 11 is 0. The van der Waals surface area contributed by atoms with Crippen LogP contribution in [0.2, 0.25) is 0 Å². The molecule has 0 aliphatic carbocycles. The Kier molecular flexibility index (Phi) is 7.68. The zero-order valence-corrected chi connectivity index (χ0v) is 32.1. The van der Waals surface area contributed by atoms with E-state index >= 15 is 0 Å². The first kappa shape index (κ1) is 33.3. The van der Waals surface area contributed by atoms with Crippen molar-refractivity contribution < 1.29 is 4.58 Å². The maximum absolute atomic E-state index is 2.46. The first-order valence-corrected chi connectivity index (χ1v) is 19.6. The highest BCUT2D eigenvalue weighted by molar-refractivity contribution is 6.08. The van der Waals surface area contributed by atoms with Crippen molar-refractivity contribution in [2.24, 2.45) is 0 Å². The summed E-state index contributed by atoms with van der Waals surface area (Å²) in [5.41, 5.74) is 10.2. The summed E-state index contributed by atoms with van der Waals surface area (Å²) in [7, 11) is 4.50. The third-order valence-electron chi connectivity index (χ3n) is 12.7. The molecule has 2 aliphatic rings. The fourth-order valence-electron chi connectivity index (χ4n) is 10.2. The van der Waals surface area contributed by atoms with Gasteiger partial charge in [-0.05, 0) is 105 Å². The van der Waals surface area contributed by atoms with Crippen LogP contribution in [0.3, 0.4) is 0 Å². The predicted molar refractivity (Wildman–Crippen MR) is 234 cm³/mol. The normalized spacial score (nSPS) is 20.1. The van der Waals surface area contributed by atoms with Crippen molar-refractivity contribution in [3.05, 3.63) is 204 Å². The molecule has 10 rings (SSSR count). The van der Waals surface area contributed by atoms with Gasteiger partial charge in [0.1, 0.15) is 7.05 Å². The quantitative estimate of drug-likeness (QED) is 0.156. The van der Waals surface area contributed by atoms with E-state index in [9.17, 15) is 0 Å². The van der Waals surface area contributed by atoms with Gasteiger partial charge in [0, 0.05) is 41.6 Å². The predicted octanol–water partition coefficient (Wildman–Crippen LogP) is 12.6. The van der Waals surface area contributed by atoms with Crippen LogP contribution in [0.5, 0.6) is 0 Å². The lowest BCUT2D eigenvalue weighted by atomic mass is 9.72. The van der Waals surface area contributed by atoms with E-state index in [0.717, 1.165) is 12.8 Å². The highest BCUT2D eigenvalue weighted by Gasteiger charge is 2.48. The number of hydrogen-bond donors (Lipinski definition) is 0. The summed E-state index contributed by atoms with van der Waals surface area (Å²) in [6.45, 7) is 4.91. The van der Waals surface area contributed by atoms with Crippen molar-refractivity contribution in [3.63, 3.8) is 0 Å². The van der Waals surface area contributed by atoms with Crippen LogP contribution in [0.15, 0.2) is 182 Å². The molecule has 8 aromatic carbocycles. The fraction of sp³-hybridized carbons (Fsp3) is 0.151. The minimum atomic E-state index is -0.252. The zero-order valence-electron chi connectivity index (χ0n) is 32.1. The fourth-order valence-corrected chi connectivity index (χ4v) is 10.2. The monoisotopic (exact) mass is 709 g/mol. The van der Waals surface area contributed by atoms with Gasteiger partial charge in [-0.2, -0.15) is 4.58 Å². The average Bonchev–Trinajstić information content (AvgIpc) is 3.56. The standard InChI is InChI=1S/C53H45N2/c1-52(34-36-24-26-38-14-5-7-18-42(38)32-36)48(54(3)46-30-28-40-16-9-11-20-44(40)50(46)52)22-13-23-49-53(2,35-37-25-27-39-15-6-8-19-43(39)33-37)51-45-21-12-10-17-41(45)29-31-47(51)55(49)4/h5-33H,34-35H2,1-4H3/q+1. The number of benzene rings is 8. The van der Waals surface area contributed by atoms with Gasteiger partial charge in [0.05, 0.1) is 5.41 Å². The maximum Gasteiger partial charge on any atom is 0.210 e. The van der Waals surface area contributed by atoms with Crippen molar-refractivity contribution in [3.8, 4) is 0 Å². The Bertz CT molecular complexity index is 2940. The van der Waals surface area contributed by atoms with E-state index in [0.29, 0.717) is 0 Å². The van der Waals surface area contributed by atoms with Crippen molar-refractivity contribution >= 4 is 60.2 Å². The van der Waals surface area contributed by atoms with E-state index in [2.05, 4.69) is 213 Å². The third kappa shape index (κ3) is 5.27. The van der Waals surface area contributed by atoms with Gasteiger partial charge in [0.25, 0.3) is 0 Å². The lowest BCUT2D eigenvalue weighted by Crippen LogP contribution is -2.33. The second-order valence-electron chi connectivity index (χ2n) is 16.2. The summed E-state index contributed by atoms with van der Waals surface area (Å²) in [5.74, 6) is 0. The minimum Gasteiger partial charge on any atom is -0.347 e. The van der Waals surface area contributed by atoms with E-state index in [1.807, 2.05) is 0 Å². The Morgan fingerprint density at radius 2 is 1.02 bits per heavy atom. The van der Waals surface area contributed by atoms with E-state index in [-0.39, 0.29) is 10.8 Å². The van der Waals surface area contributed by atoms with E-state index < -0.39 is 0 Å². The van der Waals surface area contributed by atoms with Crippen LogP contribution in [0.4, 0.5) is 11.4 Å². The van der Waals surface area contributed by atoms with E-state index in [1.165, 1.54) is 88.1 Å². The second-order valence-corrected chi connectivity index (χ2v) is 16.2. The molecule has 2 nitrogen and oxygen atoms in total. The molecule has 2 heteroatoms. The Labute approximate surface area is 324 Å². The molecule has 55 heavy (non-hydrogen) atoms. The molecule has 2 heterocycles. The molecule has 0 aromatic heterocycles. The molecule has 0 radical (unpaired) electrons. The number of allylic oxidation sites excluding steroid dienone is 4.